The average Bonchev–Trinajstić information content (AvgIpc) is 3.07. The van der Waals surface area contributed by atoms with E-state index < -0.39 is 0 Å². The lowest BCUT2D eigenvalue weighted by Crippen LogP contribution is -2.34. The molecule has 2 aromatic carbocycles. The fourth-order valence-corrected chi connectivity index (χ4v) is 5.98. The van der Waals surface area contributed by atoms with Crippen molar-refractivity contribution in [2.45, 2.75) is 38.7 Å². The Labute approximate surface area is 217 Å². The van der Waals surface area contributed by atoms with Crippen molar-refractivity contribution in [3.05, 3.63) is 61.0 Å². The molecule has 1 aliphatic carbocycles. The minimum absolute atomic E-state index is 0.182. The number of hydrogen-bond acceptors (Lipinski definition) is 5. The molecule has 1 saturated heterocycles. The zero-order chi connectivity index (χ0) is 23.4. The monoisotopic (exact) mass is 597 g/mol. The van der Waals surface area contributed by atoms with Gasteiger partial charge in [-0.25, -0.2) is 0 Å². The number of carbonyl (C=O) groups excluding carboxylic acids is 2. The minimum Gasteiger partial charge on any atom is -0.493 e. The van der Waals surface area contributed by atoms with E-state index in [1.165, 1.54) is 24.2 Å². The van der Waals surface area contributed by atoms with Gasteiger partial charge >= 0.3 is 0 Å². The molecule has 8 heteroatoms. The van der Waals surface area contributed by atoms with E-state index in [9.17, 15) is 9.59 Å². The summed E-state index contributed by atoms with van der Waals surface area (Å²) in [4.78, 5) is 27.3. The molecule has 2 aromatic rings. The van der Waals surface area contributed by atoms with Gasteiger partial charge in [0.1, 0.15) is 6.61 Å². The van der Waals surface area contributed by atoms with Crippen molar-refractivity contribution < 1.29 is 19.1 Å². The van der Waals surface area contributed by atoms with E-state index in [4.69, 9.17) is 21.1 Å². The fraction of sp³-hybridized carbons (Fsp3) is 0.360. The standard InChI is InChI=1S/C25H25ClINO4S/c1-31-21-12-17(11-20(27)23(21)32-15-18-9-5-6-10-19(18)26)13-22-24(29)28(25(30)33-22)14-16-7-3-2-4-8-16/h5-6,9-13,16H,2-4,7-8,14-15H2,1H3/b22-13+. The van der Waals surface area contributed by atoms with Gasteiger partial charge in [0.15, 0.2) is 11.5 Å². The van der Waals surface area contributed by atoms with Crippen LogP contribution in [0, 0.1) is 9.49 Å². The Morgan fingerprint density at radius 2 is 1.94 bits per heavy atom. The number of amides is 2. The number of nitrogens with zero attached hydrogens (tertiary/aromatic N) is 1. The van der Waals surface area contributed by atoms with Gasteiger partial charge in [0, 0.05) is 17.1 Å². The zero-order valence-corrected chi connectivity index (χ0v) is 22.0. The molecule has 5 nitrogen and oxygen atoms in total. The molecule has 1 heterocycles. The summed E-state index contributed by atoms with van der Waals surface area (Å²) in [6.07, 6.45) is 7.54. The second kappa shape index (κ2) is 11.1. The van der Waals surface area contributed by atoms with Gasteiger partial charge in [0.05, 0.1) is 15.6 Å². The number of thioether (sulfide) groups is 1. The number of imide groups is 1. The maximum Gasteiger partial charge on any atom is 0.293 e. The topological polar surface area (TPSA) is 55.8 Å². The van der Waals surface area contributed by atoms with Crippen LogP contribution in [-0.4, -0.2) is 29.7 Å². The van der Waals surface area contributed by atoms with Crippen LogP contribution in [0.3, 0.4) is 0 Å². The first-order valence-electron chi connectivity index (χ1n) is 11.0. The third-order valence-electron chi connectivity index (χ3n) is 5.92. The van der Waals surface area contributed by atoms with E-state index in [0.29, 0.717) is 40.5 Å². The quantitative estimate of drug-likeness (QED) is 0.251. The summed E-state index contributed by atoms with van der Waals surface area (Å²) in [6.45, 7) is 0.836. The van der Waals surface area contributed by atoms with Crippen LogP contribution >= 0.6 is 46.0 Å². The van der Waals surface area contributed by atoms with Gasteiger partial charge < -0.3 is 9.47 Å². The highest BCUT2D eigenvalue weighted by Crippen LogP contribution is 2.38. The molecule has 0 unspecified atom stereocenters. The largest absolute Gasteiger partial charge is 0.493 e. The Kier molecular flexibility index (Phi) is 8.24. The average molecular weight is 598 g/mol. The van der Waals surface area contributed by atoms with Crippen molar-refractivity contribution in [1.82, 2.24) is 4.90 Å². The molecular formula is C25H25ClINO4S. The Morgan fingerprint density at radius 1 is 1.18 bits per heavy atom. The predicted octanol–water partition coefficient (Wildman–Crippen LogP) is 7.15. The van der Waals surface area contributed by atoms with Crippen LogP contribution in [0.4, 0.5) is 4.79 Å². The molecule has 4 rings (SSSR count). The SMILES string of the molecule is COc1cc(/C=C2/SC(=O)N(CC3CCCCC3)C2=O)cc(I)c1OCc1ccccc1Cl. The van der Waals surface area contributed by atoms with Gasteiger partial charge in [0.25, 0.3) is 11.1 Å². The first-order chi connectivity index (χ1) is 16.0. The molecule has 174 valence electrons. The summed E-state index contributed by atoms with van der Waals surface area (Å²) in [5.41, 5.74) is 1.66. The first-order valence-corrected chi connectivity index (χ1v) is 13.2. The molecule has 0 spiro atoms. The molecule has 0 aromatic heterocycles. The van der Waals surface area contributed by atoms with E-state index in [1.54, 1.807) is 13.2 Å². The van der Waals surface area contributed by atoms with Crippen LogP contribution in [0.5, 0.6) is 11.5 Å². The molecule has 33 heavy (non-hydrogen) atoms. The normalized spacial score (nSPS) is 18.3. The molecule has 1 saturated carbocycles. The van der Waals surface area contributed by atoms with Crippen LogP contribution in [-0.2, 0) is 11.4 Å². The van der Waals surface area contributed by atoms with Gasteiger partial charge in [-0.15, -0.1) is 0 Å². The first kappa shape index (κ1) is 24.4. The molecule has 0 bridgehead atoms. The third-order valence-corrected chi connectivity index (χ3v) is 8.00. The van der Waals surface area contributed by atoms with Crippen molar-refractivity contribution >= 4 is 63.2 Å². The van der Waals surface area contributed by atoms with E-state index in [-0.39, 0.29) is 11.1 Å². The van der Waals surface area contributed by atoms with Crippen molar-refractivity contribution in [3.63, 3.8) is 0 Å². The Balaban J connectivity index is 1.50. The van der Waals surface area contributed by atoms with Crippen LogP contribution < -0.4 is 9.47 Å². The van der Waals surface area contributed by atoms with Crippen LogP contribution in [0.25, 0.3) is 6.08 Å². The second-order valence-electron chi connectivity index (χ2n) is 8.21. The highest BCUT2D eigenvalue weighted by atomic mass is 127. The molecule has 0 N–H and O–H groups in total. The maximum absolute atomic E-state index is 12.9. The van der Waals surface area contributed by atoms with Crippen molar-refractivity contribution in [3.8, 4) is 11.5 Å². The second-order valence-corrected chi connectivity index (χ2v) is 10.8. The van der Waals surface area contributed by atoms with E-state index in [2.05, 4.69) is 22.6 Å². The molecule has 2 amide bonds. The molecule has 2 aliphatic rings. The number of hydrogen-bond donors (Lipinski definition) is 0. The summed E-state index contributed by atoms with van der Waals surface area (Å²) in [5.74, 6) is 1.38. The maximum atomic E-state index is 12.9. The number of carbonyl (C=O) groups is 2. The Morgan fingerprint density at radius 3 is 2.67 bits per heavy atom. The summed E-state index contributed by atoms with van der Waals surface area (Å²) in [7, 11) is 1.58. The molecule has 0 atom stereocenters. The van der Waals surface area contributed by atoms with E-state index >= 15 is 0 Å². The van der Waals surface area contributed by atoms with Gasteiger partial charge in [0.2, 0.25) is 0 Å². The summed E-state index contributed by atoms with van der Waals surface area (Å²) < 4.78 is 12.4. The van der Waals surface area contributed by atoms with Crippen LogP contribution in [0.1, 0.15) is 43.2 Å². The number of rotatable bonds is 7. The molecule has 2 fully saturated rings. The van der Waals surface area contributed by atoms with Crippen LogP contribution in [0.2, 0.25) is 5.02 Å². The Hall–Kier alpha value is -1.71. The van der Waals surface area contributed by atoms with E-state index in [0.717, 1.165) is 39.3 Å². The van der Waals surface area contributed by atoms with Gasteiger partial charge in [-0.05, 0) is 83.0 Å². The predicted molar refractivity (Wildman–Crippen MR) is 141 cm³/mol. The fourth-order valence-electron chi connectivity index (χ4n) is 4.17. The van der Waals surface area contributed by atoms with Crippen molar-refractivity contribution in [1.29, 1.82) is 0 Å². The van der Waals surface area contributed by atoms with Gasteiger partial charge in [-0.3, -0.25) is 14.5 Å². The number of halogens is 2. The number of methoxy groups -OCH3 is 1. The molecular weight excluding hydrogens is 573 g/mol. The van der Waals surface area contributed by atoms with Crippen molar-refractivity contribution in [2.75, 3.05) is 13.7 Å². The third kappa shape index (κ3) is 5.87. The van der Waals surface area contributed by atoms with Gasteiger partial charge in [-0.1, -0.05) is 49.1 Å². The summed E-state index contributed by atoms with van der Waals surface area (Å²) in [6, 6.07) is 11.3. The summed E-state index contributed by atoms with van der Waals surface area (Å²) in [5, 5.41) is 0.463. The lowest BCUT2D eigenvalue weighted by molar-refractivity contribution is -0.123. The smallest absolute Gasteiger partial charge is 0.293 e. The highest BCUT2D eigenvalue weighted by Gasteiger charge is 2.36. The lowest BCUT2D eigenvalue weighted by Gasteiger charge is -2.25. The Bertz CT molecular complexity index is 1080. The highest BCUT2D eigenvalue weighted by molar-refractivity contribution is 14.1. The van der Waals surface area contributed by atoms with Gasteiger partial charge in [-0.2, -0.15) is 0 Å². The molecule has 1 aliphatic heterocycles. The minimum atomic E-state index is -0.205. The summed E-state index contributed by atoms with van der Waals surface area (Å²) >= 11 is 9.43. The number of benzene rings is 2. The van der Waals surface area contributed by atoms with E-state index in [1.807, 2.05) is 36.4 Å². The zero-order valence-electron chi connectivity index (χ0n) is 18.3. The van der Waals surface area contributed by atoms with Crippen LogP contribution in [0.15, 0.2) is 41.3 Å². The lowest BCUT2D eigenvalue weighted by atomic mass is 9.89. The number of ether oxygens (including phenoxy) is 2. The molecule has 0 radical (unpaired) electrons. The van der Waals surface area contributed by atoms with Crippen molar-refractivity contribution in [2.24, 2.45) is 5.92 Å².